The third-order valence-electron chi connectivity index (χ3n) is 5.96. The molecule has 0 atom stereocenters. The minimum absolute atomic E-state index is 0.0144. The van der Waals surface area contributed by atoms with Gasteiger partial charge in [-0.1, -0.05) is 112 Å². The molecule has 1 N–H and O–H groups in total. The monoisotopic (exact) mass is 455 g/mol. The number of rotatable bonds is 13. The maximum Gasteiger partial charge on any atom is 0.265 e. The Morgan fingerprint density at radius 1 is 0.750 bits per heavy atom. The summed E-state index contributed by atoms with van der Waals surface area (Å²) in [6.07, 6.45) is 14.2. The molecule has 0 amide bonds. The maximum absolute atomic E-state index is 10.9. The molecular weight excluding hydrogens is 412 g/mol. The summed E-state index contributed by atoms with van der Waals surface area (Å²) in [5.41, 5.74) is 1.47. The molecule has 0 spiro atoms. The van der Waals surface area contributed by atoms with Crippen molar-refractivity contribution in [2.75, 3.05) is 20.6 Å². The van der Waals surface area contributed by atoms with E-state index < -0.39 is 0 Å². The molecule has 0 aliphatic carbocycles. The van der Waals surface area contributed by atoms with Crippen LogP contribution in [-0.2, 0) is 6.54 Å². The summed E-state index contributed by atoms with van der Waals surface area (Å²) in [6, 6.07) is 18.4. The standard InChI is InChI=1S/C21H38N.C7H5NOS/c1-4-5-6-7-8-9-10-11-12-16-19-22(2,3)20-21-17-14-13-15-18-21;9-7-5-3-1-2-4-6(5)10-8-7/h13-15,17-18H,4-12,16,19-20H2,1-3H3;1-4H,(H,8,9)/q+1;. The van der Waals surface area contributed by atoms with Gasteiger partial charge in [-0.05, 0) is 25.0 Å². The first-order valence-corrected chi connectivity index (χ1v) is 13.3. The average Bonchev–Trinajstić information content (AvgIpc) is 3.17. The number of quaternary nitrogens is 1. The van der Waals surface area contributed by atoms with Crippen LogP contribution in [0.2, 0.25) is 0 Å². The molecule has 2 aromatic carbocycles. The second kappa shape index (κ2) is 15.0. The highest BCUT2D eigenvalue weighted by molar-refractivity contribution is 7.13. The Morgan fingerprint density at radius 2 is 1.31 bits per heavy atom. The lowest BCUT2D eigenvalue weighted by atomic mass is 10.1. The van der Waals surface area contributed by atoms with Crippen molar-refractivity contribution in [1.29, 1.82) is 0 Å². The quantitative estimate of drug-likeness (QED) is 0.207. The van der Waals surface area contributed by atoms with E-state index >= 15 is 0 Å². The third-order valence-corrected chi connectivity index (χ3v) is 6.82. The Morgan fingerprint density at radius 3 is 1.94 bits per heavy atom. The highest BCUT2D eigenvalue weighted by Crippen LogP contribution is 2.14. The van der Waals surface area contributed by atoms with Crippen LogP contribution in [-0.4, -0.2) is 29.5 Å². The smallest absolute Gasteiger partial charge is 0.265 e. The zero-order chi connectivity index (χ0) is 23.1. The number of hydrogen-bond acceptors (Lipinski definition) is 2. The lowest BCUT2D eigenvalue weighted by molar-refractivity contribution is -0.903. The van der Waals surface area contributed by atoms with Crippen molar-refractivity contribution in [3.8, 4) is 0 Å². The highest BCUT2D eigenvalue weighted by atomic mass is 32.1. The number of fused-ring (bicyclic) bond motifs is 1. The van der Waals surface area contributed by atoms with Crippen LogP contribution < -0.4 is 5.56 Å². The Hall–Kier alpha value is -1.91. The zero-order valence-corrected chi connectivity index (χ0v) is 21.3. The van der Waals surface area contributed by atoms with E-state index in [4.69, 9.17) is 0 Å². The molecule has 0 bridgehead atoms. The lowest BCUT2D eigenvalue weighted by Gasteiger charge is -2.30. The predicted octanol–water partition coefficient (Wildman–Crippen LogP) is 7.77. The molecule has 0 fully saturated rings. The van der Waals surface area contributed by atoms with E-state index in [9.17, 15) is 4.79 Å². The minimum atomic E-state index is 0.0144. The van der Waals surface area contributed by atoms with Gasteiger partial charge in [-0.15, -0.1) is 0 Å². The van der Waals surface area contributed by atoms with Crippen LogP contribution >= 0.6 is 11.5 Å². The van der Waals surface area contributed by atoms with Gasteiger partial charge in [0.25, 0.3) is 5.56 Å². The second-order valence-corrected chi connectivity index (χ2v) is 10.4. The first kappa shape index (κ1) is 26.3. The van der Waals surface area contributed by atoms with Gasteiger partial charge in [-0.3, -0.25) is 9.17 Å². The molecule has 0 saturated heterocycles. The number of hydrogen-bond donors (Lipinski definition) is 1. The van der Waals surface area contributed by atoms with E-state index in [0.29, 0.717) is 0 Å². The largest absolute Gasteiger partial charge is 0.325 e. The van der Waals surface area contributed by atoms with Crippen LogP contribution in [0.4, 0.5) is 0 Å². The van der Waals surface area contributed by atoms with Gasteiger partial charge in [0, 0.05) is 5.56 Å². The van der Waals surface area contributed by atoms with Crippen LogP contribution in [0, 0.1) is 0 Å². The summed E-state index contributed by atoms with van der Waals surface area (Å²) in [6.45, 7) is 4.74. The van der Waals surface area contributed by atoms with Gasteiger partial charge in [0.15, 0.2) is 0 Å². The molecule has 3 nitrogen and oxygen atoms in total. The van der Waals surface area contributed by atoms with Gasteiger partial charge >= 0.3 is 0 Å². The number of aromatic amines is 1. The third kappa shape index (κ3) is 10.6. The summed E-state index contributed by atoms with van der Waals surface area (Å²) in [5.74, 6) is 0. The number of nitrogens with one attached hydrogen (secondary N) is 1. The van der Waals surface area contributed by atoms with Gasteiger partial charge in [0.2, 0.25) is 0 Å². The van der Waals surface area contributed by atoms with Crippen LogP contribution in [0.3, 0.4) is 0 Å². The van der Waals surface area contributed by atoms with Crippen LogP contribution in [0.25, 0.3) is 10.1 Å². The van der Waals surface area contributed by atoms with Crippen molar-refractivity contribution < 1.29 is 4.48 Å². The molecule has 1 aromatic heterocycles. The molecule has 0 unspecified atom stereocenters. The van der Waals surface area contributed by atoms with Gasteiger partial charge in [-0.2, -0.15) is 0 Å². The first-order valence-electron chi connectivity index (χ1n) is 12.4. The van der Waals surface area contributed by atoms with Gasteiger partial charge in [0.05, 0.1) is 30.7 Å². The number of nitrogens with zero attached hydrogens (tertiary/aromatic N) is 1. The maximum atomic E-state index is 10.9. The van der Waals surface area contributed by atoms with Gasteiger partial charge in [-0.25, -0.2) is 0 Å². The normalized spacial score (nSPS) is 11.3. The van der Waals surface area contributed by atoms with Crippen molar-refractivity contribution >= 4 is 21.6 Å². The van der Waals surface area contributed by atoms with Crippen molar-refractivity contribution in [3.05, 3.63) is 70.5 Å². The van der Waals surface area contributed by atoms with Crippen LogP contribution in [0.5, 0.6) is 0 Å². The van der Waals surface area contributed by atoms with Crippen molar-refractivity contribution in [3.63, 3.8) is 0 Å². The minimum Gasteiger partial charge on any atom is -0.325 e. The molecule has 176 valence electrons. The van der Waals surface area contributed by atoms with E-state index in [1.165, 1.54) is 87.8 Å². The summed E-state index contributed by atoms with van der Waals surface area (Å²) in [5, 5.41) is 0.785. The highest BCUT2D eigenvalue weighted by Gasteiger charge is 2.14. The number of unbranched alkanes of at least 4 members (excludes halogenated alkanes) is 9. The fourth-order valence-corrected chi connectivity index (χ4v) is 4.81. The SMILES string of the molecule is CCCCCCCCCCCC[N+](C)(C)Cc1ccccc1.O=c1[nH]sc2ccccc12. The Kier molecular flexibility index (Phi) is 12.4. The van der Waals surface area contributed by atoms with E-state index in [2.05, 4.69) is 55.7 Å². The van der Waals surface area contributed by atoms with E-state index in [0.717, 1.165) is 21.1 Å². The molecule has 0 aliphatic rings. The van der Waals surface area contributed by atoms with Crippen molar-refractivity contribution in [2.24, 2.45) is 0 Å². The Bertz CT molecular complexity index is 914. The summed E-state index contributed by atoms with van der Waals surface area (Å²) in [4.78, 5) is 10.9. The average molecular weight is 456 g/mol. The van der Waals surface area contributed by atoms with Crippen LogP contribution in [0.15, 0.2) is 59.4 Å². The fraction of sp³-hybridized carbons (Fsp3) is 0.536. The summed E-state index contributed by atoms with van der Waals surface area (Å²) >= 11 is 1.38. The zero-order valence-electron chi connectivity index (χ0n) is 20.4. The number of aromatic nitrogens is 1. The molecule has 0 saturated carbocycles. The molecule has 4 heteroatoms. The van der Waals surface area contributed by atoms with Crippen LogP contribution in [0.1, 0.15) is 76.7 Å². The predicted molar refractivity (Wildman–Crippen MR) is 141 cm³/mol. The number of H-pyrrole nitrogens is 1. The lowest BCUT2D eigenvalue weighted by Crippen LogP contribution is -2.39. The topological polar surface area (TPSA) is 32.9 Å². The van der Waals surface area contributed by atoms with Gasteiger partial charge in [0.1, 0.15) is 6.54 Å². The van der Waals surface area contributed by atoms with Gasteiger partial charge < -0.3 is 4.48 Å². The van der Waals surface area contributed by atoms with E-state index in [-0.39, 0.29) is 5.56 Å². The molecule has 0 radical (unpaired) electrons. The van der Waals surface area contributed by atoms with Crippen molar-refractivity contribution in [1.82, 2.24) is 4.37 Å². The molecule has 3 rings (SSSR count). The Labute approximate surface area is 199 Å². The molecular formula is C28H43N2OS+. The molecule has 0 aliphatic heterocycles. The number of benzene rings is 2. The first-order chi connectivity index (χ1) is 15.5. The second-order valence-electron chi connectivity index (χ2n) is 9.51. The molecule has 1 heterocycles. The summed E-state index contributed by atoms with van der Waals surface area (Å²) < 4.78 is 4.80. The van der Waals surface area contributed by atoms with E-state index in [1.54, 1.807) is 0 Å². The molecule has 32 heavy (non-hydrogen) atoms. The molecule has 3 aromatic rings. The van der Waals surface area contributed by atoms with E-state index in [1.807, 2.05) is 24.3 Å². The van der Waals surface area contributed by atoms with Crippen molar-refractivity contribution in [2.45, 2.75) is 77.7 Å². The Balaban J connectivity index is 0.000000297. The fourth-order valence-electron chi connectivity index (χ4n) is 4.08. The summed E-state index contributed by atoms with van der Waals surface area (Å²) in [7, 11) is 4.72.